The van der Waals surface area contributed by atoms with Gasteiger partial charge in [-0.15, -0.1) is 10.2 Å². The number of hydrogen-bond donors (Lipinski definition) is 1. The molecule has 1 amide bonds. The molecular weight excluding hydrogens is 306 g/mol. The number of thioether (sulfide) groups is 1. The van der Waals surface area contributed by atoms with Gasteiger partial charge in [0.15, 0.2) is 0 Å². The van der Waals surface area contributed by atoms with Gasteiger partial charge >= 0.3 is 0 Å². The van der Waals surface area contributed by atoms with Gasteiger partial charge in [0.1, 0.15) is 5.76 Å². The van der Waals surface area contributed by atoms with Crippen LogP contribution in [0.5, 0.6) is 0 Å². The van der Waals surface area contributed by atoms with E-state index in [0.717, 1.165) is 30.8 Å². The number of carbonyl (C=O) groups is 1. The highest BCUT2D eigenvalue weighted by atomic mass is 32.2. The molecule has 0 aliphatic carbocycles. The maximum absolute atomic E-state index is 11.8. The van der Waals surface area contributed by atoms with E-state index in [9.17, 15) is 4.79 Å². The summed E-state index contributed by atoms with van der Waals surface area (Å²) in [4.78, 5) is 11.8. The lowest BCUT2D eigenvalue weighted by Gasteiger charge is -2.09. The molecule has 7 nitrogen and oxygen atoms in total. The highest BCUT2D eigenvalue weighted by Gasteiger charge is 2.17. The number of hydrogen-bond acceptors (Lipinski definition) is 7. The number of rotatable bonds is 6. The van der Waals surface area contributed by atoms with Gasteiger partial charge in [0, 0.05) is 13.2 Å². The van der Waals surface area contributed by atoms with Crippen molar-refractivity contribution in [3.63, 3.8) is 0 Å². The van der Waals surface area contributed by atoms with Crippen LogP contribution >= 0.6 is 11.8 Å². The zero-order valence-electron chi connectivity index (χ0n) is 12.2. The van der Waals surface area contributed by atoms with E-state index < -0.39 is 0 Å². The normalized spacial score (nSPS) is 17.8. The molecule has 3 rings (SSSR count). The number of nitrogens with zero attached hydrogens (tertiary/aromatic N) is 2. The molecule has 0 radical (unpaired) electrons. The van der Waals surface area contributed by atoms with Crippen LogP contribution in [0.25, 0.3) is 11.5 Å². The number of furan rings is 1. The molecule has 1 fully saturated rings. The lowest BCUT2D eigenvalue weighted by Crippen LogP contribution is -2.32. The highest BCUT2D eigenvalue weighted by Crippen LogP contribution is 2.26. The smallest absolute Gasteiger partial charge is 0.277 e. The molecule has 0 spiro atoms. The SMILES string of the molecule is Cc1occc1-c1nnc(SCC(=O)NC[C@H]2CCCO2)o1. The van der Waals surface area contributed by atoms with Gasteiger partial charge in [-0.3, -0.25) is 4.79 Å². The van der Waals surface area contributed by atoms with E-state index in [1.54, 1.807) is 12.3 Å². The molecule has 3 heterocycles. The Labute approximate surface area is 131 Å². The number of nitrogens with one attached hydrogen (secondary N) is 1. The monoisotopic (exact) mass is 323 g/mol. The van der Waals surface area contributed by atoms with Crippen molar-refractivity contribution >= 4 is 17.7 Å². The maximum Gasteiger partial charge on any atom is 0.277 e. The minimum atomic E-state index is -0.0697. The molecule has 1 aliphatic heterocycles. The Hall–Kier alpha value is -1.80. The minimum absolute atomic E-state index is 0.0697. The Bertz CT molecular complexity index is 634. The van der Waals surface area contributed by atoms with Crippen LogP contribution in [-0.2, 0) is 9.53 Å². The topological polar surface area (TPSA) is 90.4 Å². The third-order valence-electron chi connectivity index (χ3n) is 3.37. The van der Waals surface area contributed by atoms with Crippen LogP contribution in [0, 0.1) is 6.92 Å². The summed E-state index contributed by atoms with van der Waals surface area (Å²) in [6.07, 6.45) is 3.78. The van der Waals surface area contributed by atoms with Gasteiger partial charge in [-0.25, -0.2) is 0 Å². The fraction of sp³-hybridized carbons (Fsp3) is 0.500. The summed E-state index contributed by atoms with van der Waals surface area (Å²) in [7, 11) is 0. The van der Waals surface area contributed by atoms with Crippen molar-refractivity contribution in [2.24, 2.45) is 0 Å². The molecule has 1 aliphatic rings. The highest BCUT2D eigenvalue weighted by molar-refractivity contribution is 7.99. The summed E-state index contributed by atoms with van der Waals surface area (Å²) in [5, 5.41) is 11.1. The molecule has 8 heteroatoms. The fourth-order valence-corrected chi connectivity index (χ4v) is 2.79. The van der Waals surface area contributed by atoms with Crippen LogP contribution in [-0.4, -0.2) is 41.1 Å². The van der Waals surface area contributed by atoms with Gasteiger partial charge in [0.05, 0.1) is 23.7 Å². The van der Waals surface area contributed by atoms with Gasteiger partial charge in [-0.1, -0.05) is 11.8 Å². The molecular formula is C14H17N3O4S. The van der Waals surface area contributed by atoms with E-state index in [0.29, 0.717) is 17.7 Å². The third kappa shape index (κ3) is 3.69. The molecule has 0 bridgehead atoms. The van der Waals surface area contributed by atoms with Crippen molar-refractivity contribution in [1.82, 2.24) is 15.5 Å². The summed E-state index contributed by atoms with van der Waals surface area (Å²) in [6.45, 7) is 3.17. The second kappa shape index (κ2) is 6.97. The average Bonchev–Trinajstić information content (AvgIpc) is 3.24. The third-order valence-corrected chi connectivity index (χ3v) is 4.19. The van der Waals surface area contributed by atoms with Crippen LogP contribution in [0.15, 0.2) is 26.4 Å². The first kappa shape index (κ1) is 15.1. The Morgan fingerprint density at radius 2 is 2.41 bits per heavy atom. The lowest BCUT2D eigenvalue weighted by atomic mass is 10.2. The number of aromatic nitrogens is 2. The molecule has 1 atom stereocenters. The average molecular weight is 323 g/mol. The molecule has 1 N–H and O–H groups in total. The molecule has 1 saturated heterocycles. The zero-order chi connectivity index (χ0) is 15.4. The first-order valence-corrected chi connectivity index (χ1v) is 8.10. The van der Waals surface area contributed by atoms with Crippen LogP contribution in [0.1, 0.15) is 18.6 Å². The Morgan fingerprint density at radius 3 is 3.14 bits per heavy atom. The van der Waals surface area contributed by atoms with Crippen molar-refractivity contribution < 1.29 is 18.4 Å². The van der Waals surface area contributed by atoms with E-state index in [1.807, 2.05) is 6.92 Å². The van der Waals surface area contributed by atoms with Crippen LogP contribution in [0.2, 0.25) is 0 Å². The first-order valence-electron chi connectivity index (χ1n) is 7.11. The van der Waals surface area contributed by atoms with Crippen LogP contribution in [0.3, 0.4) is 0 Å². The lowest BCUT2D eigenvalue weighted by molar-refractivity contribution is -0.119. The molecule has 0 saturated carbocycles. The quantitative estimate of drug-likeness (QED) is 0.813. The van der Waals surface area contributed by atoms with Crippen molar-refractivity contribution in [2.45, 2.75) is 31.1 Å². The molecule has 0 unspecified atom stereocenters. The molecule has 0 aromatic carbocycles. The minimum Gasteiger partial charge on any atom is -0.469 e. The first-order chi connectivity index (χ1) is 10.7. The summed E-state index contributed by atoms with van der Waals surface area (Å²) < 4.78 is 16.2. The second-order valence-corrected chi connectivity index (χ2v) is 5.92. The van der Waals surface area contributed by atoms with E-state index in [4.69, 9.17) is 13.6 Å². The molecule has 22 heavy (non-hydrogen) atoms. The predicted octanol–water partition coefficient (Wildman–Crippen LogP) is 2.03. The van der Waals surface area contributed by atoms with Crippen molar-refractivity contribution in [3.8, 4) is 11.5 Å². The van der Waals surface area contributed by atoms with E-state index in [-0.39, 0.29) is 17.8 Å². The summed E-state index contributed by atoms with van der Waals surface area (Å²) in [5.41, 5.74) is 0.766. The molecule has 2 aromatic rings. The number of aryl methyl sites for hydroxylation is 1. The summed E-state index contributed by atoms with van der Waals surface area (Å²) >= 11 is 1.21. The Kier molecular flexibility index (Phi) is 4.79. The maximum atomic E-state index is 11.8. The fourth-order valence-electron chi connectivity index (χ4n) is 2.20. The standard InChI is InChI=1S/C14H17N3O4S/c1-9-11(4-6-19-9)13-16-17-14(21-13)22-8-12(18)15-7-10-3-2-5-20-10/h4,6,10H,2-3,5,7-8H2,1H3,(H,15,18)/t10-/m1/s1. The van der Waals surface area contributed by atoms with Crippen molar-refractivity contribution in [3.05, 3.63) is 18.1 Å². The van der Waals surface area contributed by atoms with E-state index in [1.165, 1.54) is 11.8 Å². The summed E-state index contributed by atoms with van der Waals surface area (Å²) in [6, 6.07) is 1.77. The van der Waals surface area contributed by atoms with Gasteiger partial charge < -0.3 is 18.9 Å². The largest absolute Gasteiger partial charge is 0.469 e. The summed E-state index contributed by atoms with van der Waals surface area (Å²) in [5.74, 6) is 1.28. The van der Waals surface area contributed by atoms with Crippen LogP contribution in [0.4, 0.5) is 0 Å². The van der Waals surface area contributed by atoms with E-state index in [2.05, 4.69) is 15.5 Å². The van der Waals surface area contributed by atoms with Gasteiger partial charge in [-0.05, 0) is 25.8 Å². The number of amides is 1. The van der Waals surface area contributed by atoms with Gasteiger partial charge in [0.2, 0.25) is 5.91 Å². The Morgan fingerprint density at radius 1 is 1.50 bits per heavy atom. The van der Waals surface area contributed by atoms with Crippen LogP contribution < -0.4 is 5.32 Å². The predicted molar refractivity (Wildman–Crippen MR) is 79.4 cm³/mol. The van der Waals surface area contributed by atoms with Gasteiger partial charge in [0.25, 0.3) is 11.1 Å². The second-order valence-electron chi connectivity index (χ2n) is 4.99. The van der Waals surface area contributed by atoms with E-state index >= 15 is 0 Å². The zero-order valence-corrected chi connectivity index (χ0v) is 13.0. The number of carbonyl (C=O) groups excluding carboxylic acids is 1. The van der Waals surface area contributed by atoms with Crippen molar-refractivity contribution in [2.75, 3.05) is 18.9 Å². The van der Waals surface area contributed by atoms with Crippen molar-refractivity contribution in [1.29, 1.82) is 0 Å². The van der Waals surface area contributed by atoms with Gasteiger partial charge in [-0.2, -0.15) is 0 Å². The molecule has 118 valence electrons. The Balaban J connectivity index is 1.46. The molecule has 2 aromatic heterocycles. The number of ether oxygens (including phenoxy) is 1.